The molecule has 120 valence electrons. The number of amides is 1. The van der Waals surface area contributed by atoms with Gasteiger partial charge in [-0.3, -0.25) is 14.9 Å². The lowest BCUT2D eigenvalue weighted by atomic mass is 10.1. The average Bonchev–Trinajstić information content (AvgIpc) is 3.48. The monoisotopic (exact) mass is 329 g/mol. The lowest BCUT2D eigenvalue weighted by Gasteiger charge is -2.06. The number of rotatable bonds is 6. The Labute approximate surface area is 139 Å². The van der Waals surface area contributed by atoms with E-state index in [4.69, 9.17) is 12.2 Å². The van der Waals surface area contributed by atoms with Crippen molar-refractivity contribution in [2.24, 2.45) is 5.92 Å². The predicted octanol–water partition coefficient (Wildman–Crippen LogP) is 2.13. The first kappa shape index (κ1) is 14.6. The van der Waals surface area contributed by atoms with Crippen molar-refractivity contribution in [3.63, 3.8) is 0 Å². The van der Waals surface area contributed by atoms with Gasteiger partial charge in [-0.05, 0) is 49.0 Å². The zero-order valence-electron chi connectivity index (χ0n) is 12.7. The molecular weight excluding hydrogens is 310 g/mol. The van der Waals surface area contributed by atoms with E-state index in [2.05, 4.69) is 25.1 Å². The van der Waals surface area contributed by atoms with Crippen LogP contribution in [0.2, 0.25) is 0 Å². The van der Waals surface area contributed by atoms with E-state index >= 15 is 0 Å². The minimum atomic E-state index is 0.0865. The normalized spacial score (nSPS) is 22.8. The molecule has 6 nitrogen and oxygen atoms in total. The molecule has 2 atom stereocenters. The van der Waals surface area contributed by atoms with Crippen LogP contribution in [-0.2, 0) is 11.2 Å². The van der Waals surface area contributed by atoms with Gasteiger partial charge in [-0.15, -0.1) is 0 Å². The average molecular weight is 329 g/mol. The molecule has 7 heteroatoms. The molecule has 0 aromatic carbocycles. The summed E-state index contributed by atoms with van der Waals surface area (Å²) in [4.78, 5) is 16.3. The molecule has 2 N–H and O–H groups in total. The van der Waals surface area contributed by atoms with Crippen molar-refractivity contribution in [1.82, 2.24) is 25.1 Å². The molecule has 4 rings (SSSR count). The summed E-state index contributed by atoms with van der Waals surface area (Å²) in [7, 11) is 0. The highest BCUT2D eigenvalue weighted by Crippen LogP contribution is 2.47. The number of nitrogens with zero attached hydrogens (tertiary/aromatic N) is 3. The molecule has 0 bridgehead atoms. The standard InChI is InChI=1S/C16H19N5OS/c22-15(13-8-12(13)10-2-1-6-17-9-10)18-7-5-14-19-20-16(23)21(14)11-3-4-11/h1-2,6,9,11-13H,3-5,7-8H2,(H,18,22)(H,20,23)/t12-,13+/m1/s1. The Kier molecular flexibility index (Phi) is 3.72. The fourth-order valence-corrected chi connectivity index (χ4v) is 3.40. The number of carbonyl (C=O) groups is 1. The van der Waals surface area contributed by atoms with Gasteiger partial charge >= 0.3 is 0 Å². The van der Waals surface area contributed by atoms with Crippen LogP contribution in [0.25, 0.3) is 0 Å². The molecule has 2 aromatic rings. The molecule has 2 saturated carbocycles. The van der Waals surface area contributed by atoms with E-state index in [1.807, 2.05) is 18.3 Å². The second kappa shape index (κ2) is 5.88. The Balaban J connectivity index is 1.29. The lowest BCUT2D eigenvalue weighted by Crippen LogP contribution is -2.28. The second-order valence-electron chi connectivity index (χ2n) is 6.32. The van der Waals surface area contributed by atoms with Crippen molar-refractivity contribution in [1.29, 1.82) is 0 Å². The first-order valence-electron chi connectivity index (χ1n) is 8.07. The van der Waals surface area contributed by atoms with Crippen LogP contribution >= 0.6 is 12.2 Å². The predicted molar refractivity (Wildman–Crippen MR) is 87.5 cm³/mol. The van der Waals surface area contributed by atoms with Gasteiger partial charge in [0.05, 0.1) is 0 Å². The lowest BCUT2D eigenvalue weighted by molar-refractivity contribution is -0.122. The second-order valence-corrected chi connectivity index (χ2v) is 6.71. The third-order valence-corrected chi connectivity index (χ3v) is 4.87. The van der Waals surface area contributed by atoms with E-state index in [1.165, 1.54) is 12.8 Å². The van der Waals surface area contributed by atoms with Gasteiger partial charge in [0.1, 0.15) is 5.82 Å². The van der Waals surface area contributed by atoms with Crippen molar-refractivity contribution in [3.8, 4) is 0 Å². The maximum atomic E-state index is 12.2. The van der Waals surface area contributed by atoms with E-state index in [-0.39, 0.29) is 11.8 Å². The Bertz CT molecular complexity index is 764. The molecule has 2 aliphatic rings. The van der Waals surface area contributed by atoms with E-state index in [9.17, 15) is 4.79 Å². The van der Waals surface area contributed by atoms with Crippen molar-refractivity contribution in [2.45, 2.75) is 37.6 Å². The number of aromatic nitrogens is 4. The Morgan fingerprint density at radius 3 is 3.09 bits per heavy atom. The van der Waals surface area contributed by atoms with Crippen LogP contribution in [0.1, 0.15) is 42.6 Å². The topological polar surface area (TPSA) is 75.6 Å². The molecule has 23 heavy (non-hydrogen) atoms. The summed E-state index contributed by atoms with van der Waals surface area (Å²) in [6, 6.07) is 4.46. The SMILES string of the molecule is O=C(NCCc1n[nH]c(=S)n1C1CC1)[C@H]1C[C@@H]1c1cccnc1. The van der Waals surface area contributed by atoms with Gasteiger partial charge < -0.3 is 9.88 Å². The minimum Gasteiger partial charge on any atom is -0.355 e. The zero-order chi connectivity index (χ0) is 15.8. The quantitative estimate of drug-likeness (QED) is 0.796. The largest absolute Gasteiger partial charge is 0.355 e. The number of nitrogens with one attached hydrogen (secondary N) is 2. The Morgan fingerprint density at radius 2 is 2.35 bits per heavy atom. The molecule has 2 aromatic heterocycles. The molecule has 0 aliphatic heterocycles. The van der Waals surface area contributed by atoms with Gasteiger partial charge in [0, 0.05) is 37.3 Å². The number of pyridine rings is 1. The van der Waals surface area contributed by atoms with Crippen molar-refractivity contribution >= 4 is 18.1 Å². The number of aromatic amines is 1. The first-order chi connectivity index (χ1) is 11.2. The minimum absolute atomic E-state index is 0.0865. The van der Waals surface area contributed by atoms with E-state index < -0.39 is 0 Å². The van der Waals surface area contributed by atoms with E-state index in [0.717, 1.165) is 17.8 Å². The molecule has 2 heterocycles. The summed E-state index contributed by atoms with van der Waals surface area (Å²) < 4.78 is 2.78. The zero-order valence-corrected chi connectivity index (χ0v) is 13.6. The molecule has 0 radical (unpaired) electrons. The summed E-state index contributed by atoms with van der Waals surface area (Å²) in [5.41, 5.74) is 1.15. The molecule has 0 unspecified atom stereocenters. The third kappa shape index (κ3) is 3.06. The fourth-order valence-electron chi connectivity index (χ4n) is 3.10. The van der Waals surface area contributed by atoms with Crippen LogP contribution in [-0.4, -0.2) is 32.2 Å². The van der Waals surface area contributed by atoms with Crippen molar-refractivity contribution < 1.29 is 4.79 Å². The highest BCUT2D eigenvalue weighted by Gasteiger charge is 2.43. The third-order valence-electron chi connectivity index (χ3n) is 4.58. The summed E-state index contributed by atoms with van der Waals surface area (Å²) in [5, 5.41) is 10.2. The molecule has 1 amide bonds. The van der Waals surface area contributed by atoms with Crippen LogP contribution in [0.5, 0.6) is 0 Å². The van der Waals surface area contributed by atoms with Crippen LogP contribution in [0.3, 0.4) is 0 Å². The summed E-state index contributed by atoms with van der Waals surface area (Å²) >= 11 is 5.26. The van der Waals surface area contributed by atoms with Gasteiger partial charge in [0.15, 0.2) is 4.77 Å². The summed E-state index contributed by atoms with van der Waals surface area (Å²) in [5.74, 6) is 1.48. The molecular formula is C16H19N5OS. The molecule has 0 spiro atoms. The van der Waals surface area contributed by atoms with Gasteiger partial charge in [0.2, 0.25) is 5.91 Å². The summed E-state index contributed by atoms with van der Waals surface area (Å²) in [6.45, 7) is 0.599. The number of carbonyl (C=O) groups excluding carboxylic acids is 1. The fraction of sp³-hybridized carbons (Fsp3) is 0.500. The Morgan fingerprint density at radius 1 is 1.48 bits per heavy atom. The van der Waals surface area contributed by atoms with Crippen LogP contribution in [0, 0.1) is 10.7 Å². The van der Waals surface area contributed by atoms with E-state index in [0.29, 0.717) is 29.7 Å². The highest BCUT2D eigenvalue weighted by atomic mass is 32.1. The van der Waals surface area contributed by atoms with Gasteiger partial charge in [-0.25, -0.2) is 0 Å². The molecule has 2 aliphatic carbocycles. The van der Waals surface area contributed by atoms with Gasteiger partial charge in [0.25, 0.3) is 0 Å². The van der Waals surface area contributed by atoms with Crippen molar-refractivity contribution in [2.75, 3.05) is 6.54 Å². The van der Waals surface area contributed by atoms with Crippen LogP contribution in [0.15, 0.2) is 24.5 Å². The van der Waals surface area contributed by atoms with Crippen molar-refractivity contribution in [3.05, 3.63) is 40.7 Å². The molecule has 0 saturated heterocycles. The highest BCUT2D eigenvalue weighted by molar-refractivity contribution is 7.71. The number of H-pyrrole nitrogens is 1. The van der Waals surface area contributed by atoms with E-state index in [1.54, 1.807) is 6.20 Å². The molecule has 2 fully saturated rings. The smallest absolute Gasteiger partial charge is 0.223 e. The Hall–Kier alpha value is -2.02. The van der Waals surface area contributed by atoms with Gasteiger partial charge in [-0.1, -0.05) is 6.07 Å². The maximum absolute atomic E-state index is 12.2. The first-order valence-corrected chi connectivity index (χ1v) is 8.48. The maximum Gasteiger partial charge on any atom is 0.223 e. The summed E-state index contributed by atoms with van der Waals surface area (Å²) in [6.07, 6.45) is 7.57. The number of hydrogen-bond donors (Lipinski definition) is 2. The van der Waals surface area contributed by atoms with Gasteiger partial charge in [-0.2, -0.15) is 5.10 Å². The number of hydrogen-bond acceptors (Lipinski definition) is 4. The van der Waals surface area contributed by atoms with Crippen LogP contribution < -0.4 is 5.32 Å². The van der Waals surface area contributed by atoms with Crippen LogP contribution in [0.4, 0.5) is 0 Å².